The summed E-state index contributed by atoms with van der Waals surface area (Å²) in [6.07, 6.45) is 8.81. The van der Waals surface area contributed by atoms with Crippen molar-refractivity contribution in [3.8, 4) is 22.3 Å². The van der Waals surface area contributed by atoms with E-state index >= 15 is 0 Å². The summed E-state index contributed by atoms with van der Waals surface area (Å²) >= 11 is 0. The molecule has 240 valence electrons. The molecule has 0 aromatic heterocycles. The van der Waals surface area contributed by atoms with E-state index in [2.05, 4.69) is 198 Å². The number of benzene rings is 5. The Hall–Kier alpha value is -5.18. The second-order valence-corrected chi connectivity index (χ2v) is 13.8. The van der Waals surface area contributed by atoms with E-state index in [-0.39, 0.29) is 0 Å². The lowest BCUT2D eigenvalue weighted by Gasteiger charge is -2.32. The quantitative estimate of drug-likeness (QED) is 0.136. The van der Waals surface area contributed by atoms with Crippen molar-refractivity contribution in [1.29, 1.82) is 0 Å². The highest BCUT2D eigenvalue weighted by atomic mass is 16.7. The minimum absolute atomic E-state index is 0.390. The predicted molar refractivity (Wildman–Crippen MR) is 207 cm³/mol. The van der Waals surface area contributed by atoms with E-state index in [1.54, 1.807) is 0 Å². The third kappa shape index (κ3) is 6.88. The molecule has 3 heteroatoms. The fraction of sp³-hybridized carbons (Fsp3) is 0.152. The fourth-order valence-corrected chi connectivity index (χ4v) is 6.29. The molecule has 5 aromatic rings. The first-order valence-electron chi connectivity index (χ1n) is 17.0. The summed E-state index contributed by atoms with van der Waals surface area (Å²) in [6, 6.07) is 47.2. The molecule has 7 rings (SSSR count). The summed E-state index contributed by atoms with van der Waals surface area (Å²) in [4.78, 5) is 0. The monoisotopic (exact) mass is 636 g/mol. The third-order valence-corrected chi connectivity index (χ3v) is 9.94. The maximum Gasteiger partial charge on any atom is 0.494 e. The van der Waals surface area contributed by atoms with Crippen LogP contribution in [-0.2, 0) is 9.31 Å². The molecule has 0 N–H and O–H groups in total. The molecule has 0 atom stereocenters. The average molecular weight is 637 g/mol. The largest absolute Gasteiger partial charge is 0.494 e. The zero-order valence-corrected chi connectivity index (χ0v) is 28.9. The topological polar surface area (TPSA) is 18.5 Å². The lowest BCUT2D eigenvalue weighted by Crippen LogP contribution is -2.41. The van der Waals surface area contributed by atoms with Crippen LogP contribution in [0.5, 0.6) is 0 Å². The molecule has 1 aliphatic heterocycles. The maximum absolute atomic E-state index is 6.34. The minimum Gasteiger partial charge on any atom is -0.399 e. The number of hydrogen-bond donors (Lipinski definition) is 0. The summed E-state index contributed by atoms with van der Waals surface area (Å²) in [6.45, 7) is 10.5. The highest BCUT2D eigenvalue weighted by Gasteiger charge is 2.51. The Morgan fingerprint density at radius 2 is 0.959 bits per heavy atom. The molecular weight excluding hydrogens is 595 g/mol. The summed E-state index contributed by atoms with van der Waals surface area (Å²) in [5.74, 6) is 0. The Balaban J connectivity index is 1.28. The molecular formula is C46H41BO2. The normalized spacial score (nSPS) is 18.6. The van der Waals surface area contributed by atoms with Gasteiger partial charge in [0, 0.05) is 5.57 Å². The van der Waals surface area contributed by atoms with Gasteiger partial charge < -0.3 is 9.31 Å². The molecule has 0 radical (unpaired) electrons. The molecule has 1 heterocycles. The molecule has 49 heavy (non-hydrogen) atoms. The van der Waals surface area contributed by atoms with Crippen LogP contribution in [0.25, 0.3) is 39.0 Å². The van der Waals surface area contributed by atoms with Gasteiger partial charge in [-0.25, -0.2) is 0 Å². The van der Waals surface area contributed by atoms with Gasteiger partial charge in [0.2, 0.25) is 0 Å². The van der Waals surface area contributed by atoms with E-state index in [1.165, 1.54) is 22.3 Å². The van der Waals surface area contributed by atoms with Crippen LogP contribution < -0.4 is 5.46 Å². The van der Waals surface area contributed by atoms with Crippen LogP contribution in [0.1, 0.15) is 51.3 Å². The molecule has 0 spiro atoms. The van der Waals surface area contributed by atoms with Crippen LogP contribution in [0.4, 0.5) is 0 Å². The van der Waals surface area contributed by atoms with Crippen molar-refractivity contribution in [3.63, 3.8) is 0 Å². The van der Waals surface area contributed by atoms with E-state index in [0.29, 0.717) is 0 Å². The minimum atomic E-state index is -0.406. The van der Waals surface area contributed by atoms with Crippen molar-refractivity contribution in [1.82, 2.24) is 0 Å². The lowest BCUT2D eigenvalue weighted by molar-refractivity contribution is 0.00578. The summed E-state index contributed by atoms with van der Waals surface area (Å²) in [5, 5.41) is 0. The zero-order chi connectivity index (χ0) is 34.0. The number of rotatable bonds is 6. The maximum atomic E-state index is 6.34. The second kappa shape index (κ2) is 13.4. The smallest absolute Gasteiger partial charge is 0.399 e. The number of allylic oxidation sites excluding steroid dienone is 7. The van der Waals surface area contributed by atoms with Crippen molar-refractivity contribution in [3.05, 3.63) is 186 Å². The van der Waals surface area contributed by atoms with Gasteiger partial charge in [-0.1, -0.05) is 152 Å². The molecule has 1 fully saturated rings. The van der Waals surface area contributed by atoms with E-state index < -0.39 is 18.3 Å². The fourth-order valence-electron chi connectivity index (χ4n) is 6.29. The molecule has 5 aromatic carbocycles. The highest BCUT2D eigenvalue weighted by molar-refractivity contribution is 6.62. The first-order valence-corrected chi connectivity index (χ1v) is 17.0. The Morgan fingerprint density at radius 3 is 1.49 bits per heavy atom. The van der Waals surface area contributed by atoms with Crippen molar-refractivity contribution in [2.75, 3.05) is 0 Å². The molecule has 0 unspecified atom stereocenters. The van der Waals surface area contributed by atoms with Gasteiger partial charge in [0.25, 0.3) is 0 Å². The highest BCUT2D eigenvalue weighted by Crippen LogP contribution is 2.37. The van der Waals surface area contributed by atoms with E-state index in [4.69, 9.17) is 9.31 Å². The van der Waals surface area contributed by atoms with Crippen LogP contribution in [0.15, 0.2) is 169 Å². The molecule has 0 amide bonds. The van der Waals surface area contributed by atoms with Gasteiger partial charge in [0.1, 0.15) is 0 Å². The van der Waals surface area contributed by atoms with Gasteiger partial charge in [0.05, 0.1) is 11.2 Å². The molecule has 2 aliphatic rings. The Morgan fingerprint density at radius 1 is 0.510 bits per heavy atom. The Kier molecular flexibility index (Phi) is 8.84. The SMILES string of the molecule is CC1=C=C(c2ccc(B3OC(C)(C)C(C)(C)O3)cc2)/C=C(c2ccc(-c3ccccc3)cc2)\C=C\C=C1c1ccc(-c2ccccc2)cc1. The van der Waals surface area contributed by atoms with Crippen LogP contribution >= 0.6 is 0 Å². The average Bonchev–Trinajstić information content (AvgIpc) is 3.40. The first-order chi connectivity index (χ1) is 23.7. The van der Waals surface area contributed by atoms with Crippen molar-refractivity contribution in [2.24, 2.45) is 0 Å². The summed E-state index contributed by atoms with van der Waals surface area (Å²) in [7, 11) is -0.406. The van der Waals surface area contributed by atoms with E-state index in [9.17, 15) is 0 Å². The Labute approximate surface area is 291 Å². The zero-order valence-electron chi connectivity index (χ0n) is 28.9. The molecule has 0 bridgehead atoms. The lowest BCUT2D eigenvalue weighted by atomic mass is 9.78. The second-order valence-electron chi connectivity index (χ2n) is 13.8. The van der Waals surface area contributed by atoms with Gasteiger partial charge in [0.15, 0.2) is 0 Å². The van der Waals surface area contributed by atoms with Crippen LogP contribution in [0.3, 0.4) is 0 Å². The van der Waals surface area contributed by atoms with E-state index in [1.807, 2.05) is 0 Å². The van der Waals surface area contributed by atoms with Gasteiger partial charge in [-0.3, -0.25) is 0 Å². The predicted octanol–water partition coefficient (Wildman–Crippen LogP) is 11.0. The van der Waals surface area contributed by atoms with Gasteiger partial charge in [-0.15, -0.1) is 5.73 Å². The van der Waals surface area contributed by atoms with Crippen LogP contribution in [0, 0.1) is 0 Å². The summed E-state index contributed by atoms with van der Waals surface area (Å²) < 4.78 is 12.7. The van der Waals surface area contributed by atoms with E-state index in [0.717, 1.165) is 44.4 Å². The van der Waals surface area contributed by atoms with Crippen LogP contribution in [0.2, 0.25) is 0 Å². The van der Waals surface area contributed by atoms with Crippen molar-refractivity contribution in [2.45, 2.75) is 45.8 Å². The van der Waals surface area contributed by atoms with Crippen LogP contribution in [-0.4, -0.2) is 18.3 Å². The Bertz CT molecular complexity index is 2090. The third-order valence-electron chi connectivity index (χ3n) is 9.94. The van der Waals surface area contributed by atoms with Gasteiger partial charge in [-0.05, 0) is 102 Å². The standard InChI is InChI=1S/C46H41BO2/c1-33-31-42(39-27-29-43(30-28-39)47-48-45(2,3)46(4,5)49-47)32-41(38-21-19-36(20-22-38)34-13-8-6-9-14-34)17-12-18-44(33)40-25-23-37(24-26-40)35-15-10-7-11-16-35/h6-30,32H,1-5H3/b17-12+,41-32+,44-18?. The van der Waals surface area contributed by atoms with Gasteiger partial charge >= 0.3 is 7.12 Å². The molecule has 1 aliphatic carbocycles. The molecule has 1 saturated heterocycles. The molecule has 0 saturated carbocycles. The van der Waals surface area contributed by atoms with Crippen molar-refractivity contribution < 1.29 is 9.31 Å². The van der Waals surface area contributed by atoms with Gasteiger partial charge in [-0.2, -0.15) is 0 Å². The number of hydrogen-bond acceptors (Lipinski definition) is 2. The van der Waals surface area contributed by atoms with Crippen molar-refractivity contribution >= 4 is 29.3 Å². The first kappa shape index (κ1) is 32.4. The molecule has 2 nitrogen and oxygen atoms in total. The summed E-state index contributed by atoms with van der Waals surface area (Å²) in [5.41, 5.74) is 16.6.